The minimum atomic E-state index is -0.121. The predicted molar refractivity (Wildman–Crippen MR) is 75.5 cm³/mol. The Balaban J connectivity index is 1.58. The highest BCUT2D eigenvalue weighted by Gasteiger charge is 2.28. The number of H-pyrrole nitrogens is 1. The number of hydrogen-bond donors (Lipinski definition) is 1. The topological polar surface area (TPSA) is 61.9 Å². The average molecular weight is 270 g/mol. The Labute approximate surface area is 118 Å². The van der Waals surface area contributed by atoms with Gasteiger partial charge in [0.15, 0.2) is 0 Å². The first-order valence-electron chi connectivity index (χ1n) is 6.96. The van der Waals surface area contributed by atoms with Gasteiger partial charge in [-0.05, 0) is 24.8 Å². The molecule has 1 fully saturated rings. The van der Waals surface area contributed by atoms with Crippen molar-refractivity contribution in [1.29, 1.82) is 0 Å². The monoisotopic (exact) mass is 270 g/mol. The highest BCUT2D eigenvalue weighted by atomic mass is 16.2. The number of carbonyl (C=O) groups excluding carboxylic acids is 1. The summed E-state index contributed by atoms with van der Waals surface area (Å²) in [4.78, 5) is 18.2. The molecule has 1 heterocycles. The van der Waals surface area contributed by atoms with Gasteiger partial charge in [0.1, 0.15) is 5.82 Å². The minimum absolute atomic E-state index is 0.121. The molecule has 0 aliphatic heterocycles. The van der Waals surface area contributed by atoms with Crippen LogP contribution in [0.3, 0.4) is 0 Å². The first-order chi connectivity index (χ1) is 9.74. The number of carbonyl (C=O) groups is 1. The molecule has 0 spiro atoms. The molecule has 2 aromatic rings. The van der Waals surface area contributed by atoms with E-state index in [1.165, 1.54) is 5.56 Å². The van der Waals surface area contributed by atoms with Gasteiger partial charge < -0.3 is 4.90 Å². The van der Waals surface area contributed by atoms with Crippen molar-refractivity contribution in [2.45, 2.75) is 25.2 Å². The second-order valence-corrected chi connectivity index (χ2v) is 5.28. The Bertz CT molecular complexity index is 589. The summed E-state index contributed by atoms with van der Waals surface area (Å²) >= 11 is 0. The van der Waals surface area contributed by atoms with Crippen molar-refractivity contribution in [3.63, 3.8) is 0 Å². The maximum Gasteiger partial charge on any atom is 0.293 e. The normalized spacial score (nSPS) is 14.2. The zero-order valence-electron chi connectivity index (χ0n) is 11.5. The highest BCUT2D eigenvalue weighted by molar-refractivity contribution is 5.90. The molecule has 0 radical (unpaired) electrons. The second-order valence-electron chi connectivity index (χ2n) is 5.28. The number of nitrogens with zero attached hydrogens (tertiary/aromatic N) is 3. The van der Waals surface area contributed by atoms with Gasteiger partial charge in [0.05, 0.1) is 0 Å². The van der Waals surface area contributed by atoms with Crippen LogP contribution in [0, 0.1) is 0 Å². The van der Waals surface area contributed by atoms with E-state index in [0.29, 0.717) is 12.5 Å². The van der Waals surface area contributed by atoms with Crippen LogP contribution in [0.2, 0.25) is 0 Å². The summed E-state index contributed by atoms with van der Waals surface area (Å²) in [5, 5.41) is 6.89. The maximum atomic E-state index is 12.2. The van der Waals surface area contributed by atoms with E-state index in [1.54, 1.807) is 11.9 Å². The summed E-state index contributed by atoms with van der Waals surface area (Å²) in [7, 11) is 1.79. The van der Waals surface area contributed by atoms with E-state index in [1.807, 2.05) is 18.2 Å². The second kappa shape index (κ2) is 5.45. The lowest BCUT2D eigenvalue weighted by Gasteiger charge is -2.14. The van der Waals surface area contributed by atoms with Gasteiger partial charge in [0, 0.05) is 19.5 Å². The average Bonchev–Trinajstić information content (AvgIpc) is 3.22. The third kappa shape index (κ3) is 2.87. The van der Waals surface area contributed by atoms with Gasteiger partial charge in [0.2, 0.25) is 5.82 Å². The lowest BCUT2D eigenvalue weighted by atomic mass is 10.1. The highest BCUT2D eigenvalue weighted by Crippen LogP contribution is 2.37. The molecule has 5 nitrogen and oxygen atoms in total. The van der Waals surface area contributed by atoms with Gasteiger partial charge in [-0.25, -0.2) is 4.98 Å². The quantitative estimate of drug-likeness (QED) is 0.904. The smallest absolute Gasteiger partial charge is 0.293 e. The Kier molecular flexibility index (Phi) is 3.50. The molecule has 1 N–H and O–H groups in total. The summed E-state index contributed by atoms with van der Waals surface area (Å²) in [6.07, 6.45) is 3.13. The van der Waals surface area contributed by atoms with E-state index in [-0.39, 0.29) is 11.7 Å². The van der Waals surface area contributed by atoms with Crippen molar-refractivity contribution < 1.29 is 4.79 Å². The standard InChI is InChI=1S/C15H18N4O/c1-19(10-9-11-5-3-2-4-6-11)15(20)14-16-13(17-18-14)12-7-8-12/h2-6,12H,7-10H2,1H3,(H,16,17,18). The number of aromatic nitrogens is 3. The molecule has 0 saturated heterocycles. The van der Waals surface area contributed by atoms with Crippen LogP contribution in [0.15, 0.2) is 30.3 Å². The predicted octanol–water partition coefficient (Wildman–Crippen LogP) is 2.00. The summed E-state index contributed by atoms with van der Waals surface area (Å²) in [5.74, 6) is 1.50. The lowest BCUT2D eigenvalue weighted by Crippen LogP contribution is -2.29. The van der Waals surface area contributed by atoms with Crippen molar-refractivity contribution in [2.75, 3.05) is 13.6 Å². The Morgan fingerprint density at radius 3 is 2.80 bits per heavy atom. The van der Waals surface area contributed by atoms with E-state index in [4.69, 9.17) is 0 Å². The number of rotatable bonds is 5. The van der Waals surface area contributed by atoms with Gasteiger partial charge in [-0.15, -0.1) is 5.10 Å². The maximum absolute atomic E-state index is 12.2. The molecule has 20 heavy (non-hydrogen) atoms. The fourth-order valence-corrected chi connectivity index (χ4v) is 2.12. The molecule has 3 rings (SSSR count). The molecule has 0 bridgehead atoms. The Hall–Kier alpha value is -2.17. The van der Waals surface area contributed by atoms with Crippen molar-refractivity contribution in [3.8, 4) is 0 Å². The molecule has 0 atom stereocenters. The number of aromatic amines is 1. The van der Waals surface area contributed by atoms with Gasteiger partial charge in [-0.2, -0.15) is 0 Å². The van der Waals surface area contributed by atoms with E-state index >= 15 is 0 Å². The molecule has 1 aliphatic carbocycles. The van der Waals surface area contributed by atoms with Crippen LogP contribution in [0.25, 0.3) is 0 Å². The van der Waals surface area contributed by atoms with Crippen molar-refractivity contribution in [3.05, 3.63) is 47.5 Å². The zero-order valence-corrected chi connectivity index (χ0v) is 11.5. The van der Waals surface area contributed by atoms with Gasteiger partial charge in [0.25, 0.3) is 5.91 Å². The molecule has 104 valence electrons. The number of nitrogens with one attached hydrogen (secondary N) is 1. The first kappa shape index (κ1) is 12.8. The Morgan fingerprint density at radius 2 is 2.10 bits per heavy atom. The van der Waals surface area contributed by atoms with Crippen LogP contribution in [-0.2, 0) is 6.42 Å². The molecule has 1 amide bonds. The Morgan fingerprint density at radius 1 is 1.35 bits per heavy atom. The molecule has 1 aromatic carbocycles. The zero-order chi connectivity index (χ0) is 13.9. The molecule has 5 heteroatoms. The van der Waals surface area contributed by atoms with Crippen LogP contribution in [0.4, 0.5) is 0 Å². The van der Waals surface area contributed by atoms with Crippen molar-refractivity contribution in [2.24, 2.45) is 0 Å². The molecular formula is C15H18N4O. The van der Waals surface area contributed by atoms with Crippen LogP contribution < -0.4 is 0 Å². The van der Waals surface area contributed by atoms with E-state index < -0.39 is 0 Å². The minimum Gasteiger partial charge on any atom is -0.339 e. The van der Waals surface area contributed by atoms with Gasteiger partial charge >= 0.3 is 0 Å². The summed E-state index contributed by atoms with van der Waals surface area (Å²) < 4.78 is 0. The van der Waals surface area contributed by atoms with E-state index in [9.17, 15) is 4.79 Å². The summed E-state index contributed by atoms with van der Waals surface area (Å²) in [5.41, 5.74) is 1.22. The lowest BCUT2D eigenvalue weighted by molar-refractivity contribution is 0.0785. The van der Waals surface area contributed by atoms with Crippen LogP contribution in [-0.4, -0.2) is 39.6 Å². The third-order valence-corrected chi connectivity index (χ3v) is 3.58. The molecule has 1 saturated carbocycles. The largest absolute Gasteiger partial charge is 0.339 e. The molecular weight excluding hydrogens is 252 g/mol. The summed E-state index contributed by atoms with van der Waals surface area (Å²) in [6.45, 7) is 0.663. The van der Waals surface area contributed by atoms with Gasteiger partial charge in [-0.3, -0.25) is 9.89 Å². The van der Waals surface area contributed by atoms with Crippen LogP contribution in [0.5, 0.6) is 0 Å². The number of benzene rings is 1. The van der Waals surface area contributed by atoms with Crippen LogP contribution >= 0.6 is 0 Å². The number of hydrogen-bond acceptors (Lipinski definition) is 3. The fourth-order valence-electron chi connectivity index (χ4n) is 2.12. The third-order valence-electron chi connectivity index (χ3n) is 3.58. The van der Waals surface area contributed by atoms with E-state index in [0.717, 1.165) is 25.1 Å². The van der Waals surface area contributed by atoms with Crippen LogP contribution in [0.1, 0.15) is 40.8 Å². The summed E-state index contributed by atoms with van der Waals surface area (Å²) in [6, 6.07) is 10.1. The molecule has 1 aromatic heterocycles. The SMILES string of the molecule is CN(CCc1ccccc1)C(=O)c1n[nH]c(C2CC2)n1. The first-order valence-corrected chi connectivity index (χ1v) is 6.96. The molecule has 1 aliphatic rings. The number of amides is 1. The van der Waals surface area contributed by atoms with Crippen molar-refractivity contribution >= 4 is 5.91 Å². The fraction of sp³-hybridized carbons (Fsp3) is 0.400. The molecule has 0 unspecified atom stereocenters. The van der Waals surface area contributed by atoms with Gasteiger partial charge in [-0.1, -0.05) is 30.3 Å². The van der Waals surface area contributed by atoms with E-state index in [2.05, 4.69) is 27.3 Å². The number of likely N-dealkylation sites (N-methyl/N-ethyl adjacent to an activating group) is 1. The van der Waals surface area contributed by atoms with Crippen molar-refractivity contribution in [1.82, 2.24) is 20.1 Å².